The predicted octanol–water partition coefficient (Wildman–Crippen LogP) is 1.21. The standard InChI is InChI=1S/C8H7ClF3N3.NO3/c9-6-2-1-4(15-7(13)14)3-5(6)8(10,11)12;2-1(3)4/h1-3H,(H4,13,14,15);/q;-1/p+1. The maximum Gasteiger partial charge on any atom is 0.418 e. The molecular formula is C8H8ClF3N4O3. The Balaban J connectivity index is 0.000000711. The fourth-order valence-corrected chi connectivity index (χ4v) is 1.25. The van der Waals surface area contributed by atoms with Gasteiger partial charge in [0.15, 0.2) is 0 Å². The van der Waals surface area contributed by atoms with Gasteiger partial charge in [0.1, 0.15) is 5.69 Å². The molecule has 0 saturated carbocycles. The fraction of sp³-hybridized carbons (Fsp3) is 0.125. The van der Waals surface area contributed by atoms with Crippen molar-refractivity contribution in [3.8, 4) is 0 Å². The number of alkyl halides is 3. The number of nitrogens with two attached hydrogens (primary N) is 2. The number of nitrogens with one attached hydrogen (secondary N) is 1. The Bertz CT molecular complexity index is 477. The molecule has 0 fully saturated rings. The molecule has 0 aliphatic rings. The van der Waals surface area contributed by atoms with Crippen molar-refractivity contribution in [2.45, 2.75) is 6.18 Å². The highest BCUT2D eigenvalue weighted by atomic mass is 35.5. The van der Waals surface area contributed by atoms with Crippen molar-refractivity contribution in [1.82, 2.24) is 0 Å². The van der Waals surface area contributed by atoms with Gasteiger partial charge in [-0.05, 0) is 6.07 Å². The van der Waals surface area contributed by atoms with Crippen molar-refractivity contribution >= 4 is 23.2 Å². The molecule has 1 rings (SSSR count). The Morgan fingerprint density at radius 2 is 1.89 bits per heavy atom. The summed E-state index contributed by atoms with van der Waals surface area (Å²) in [6.07, 6.45) is -4.50. The van der Waals surface area contributed by atoms with Gasteiger partial charge >= 0.3 is 6.18 Å². The van der Waals surface area contributed by atoms with Crippen molar-refractivity contribution in [1.29, 1.82) is 5.41 Å². The smallest absolute Gasteiger partial charge is 0.356 e. The lowest BCUT2D eigenvalue weighted by Crippen LogP contribution is -2.85. The van der Waals surface area contributed by atoms with Crippen LogP contribution >= 0.6 is 11.6 Å². The van der Waals surface area contributed by atoms with Gasteiger partial charge in [-0.3, -0.25) is 5.32 Å². The lowest BCUT2D eigenvalue weighted by Gasteiger charge is -2.09. The topological polar surface area (TPSA) is 133 Å². The van der Waals surface area contributed by atoms with Gasteiger partial charge < -0.3 is 21.1 Å². The van der Waals surface area contributed by atoms with Gasteiger partial charge in [0.05, 0.1) is 15.7 Å². The summed E-state index contributed by atoms with van der Waals surface area (Å²) < 4.78 is 37.1. The molecule has 19 heavy (non-hydrogen) atoms. The van der Waals surface area contributed by atoms with E-state index in [1.165, 1.54) is 6.07 Å². The Labute approximate surface area is 109 Å². The average Bonchev–Trinajstić information content (AvgIpc) is 2.17. The van der Waals surface area contributed by atoms with Gasteiger partial charge in [0, 0.05) is 12.1 Å². The molecule has 5 N–H and O–H groups in total. The van der Waals surface area contributed by atoms with Crippen LogP contribution in [0.4, 0.5) is 18.9 Å². The number of hydrogen-bond acceptors (Lipinski definition) is 4. The van der Waals surface area contributed by atoms with Crippen molar-refractivity contribution in [2.24, 2.45) is 5.73 Å². The zero-order valence-corrected chi connectivity index (χ0v) is 9.83. The van der Waals surface area contributed by atoms with Gasteiger partial charge in [-0.1, -0.05) is 11.6 Å². The third kappa shape index (κ3) is 7.06. The van der Waals surface area contributed by atoms with Crippen LogP contribution in [0, 0.1) is 20.7 Å². The Morgan fingerprint density at radius 3 is 2.26 bits per heavy atom. The molecular weight excluding hydrogens is 293 g/mol. The zero-order chi connectivity index (χ0) is 15.2. The van der Waals surface area contributed by atoms with Gasteiger partial charge in [-0.25, -0.2) is 5.41 Å². The second-order valence-electron chi connectivity index (χ2n) is 3.06. The number of halogens is 4. The molecule has 0 atom stereocenters. The molecule has 0 amide bonds. The Morgan fingerprint density at radius 1 is 1.42 bits per heavy atom. The number of nitrogens with zero attached hydrogens (tertiary/aromatic N) is 1. The number of quaternary nitrogens is 1. The van der Waals surface area contributed by atoms with Crippen molar-refractivity contribution < 1.29 is 23.6 Å². The van der Waals surface area contributed by atoms with E-state index in [0.29, 0.717) is 0 Å². The van der Waals surface area contributed by atoms with Crippen molar-refractivity contribution in [2.75, 3.05) is 0 Å². The maximum absolute atomic E-state index is 12.4. The largest absolute Gasteiger partial charge is 0.418 e. The summed E-state index contributed by atoms with van der Waals surface area (Å²) in [7, 11) is 0. The molecule has 0 aliphatic carbocycles. The molecule has 1 aromatic rings. The van der Waals surface area contributed by atoms with Crippen molar-refractivity contribution in [3.05, 3.63) is 44.1 Å². The molecule has 0 heterocycles. The number of benzene rings is 1. The van der Waals surface area contributed by atoms with Crippen LogP contribution in [0.2, 0.25) is 5.02 Å². The van der Waals surface area contributed by atoms with Crippen LogP contribution < -0.4 is 11.1 Å². The van der Waals surface area contributed by atoms with Crippen LogP contribution in [-0.2, 0) is 6.18 Å². The summed E-state index contributed by atoms with van der Waals surface area (Å²) in [4.78, 5) is 8.25. The van der Waals surface area contributed by atoms with Crippen LogP contribution in [0.5, 0.6) is 0 Å². The van der Waals surface area contributed by atoms with Crippen molar-refractivity contribution in [3.63, 3.8) is 0 Å². The van der Waals surface area contributed by atoms with E-state index < -0.39 is 16.8 Å². The maximum atomic E-state index is 12.4. The van der Waals surface area contributed by atoms with Crippen LogP contribution in [0.1, 0.15) is 5.56 Å². The molecule has 0 bridgehead atoms. The highest BCUT2D eigenvalue weighted by molar-refractivity contribution is 6.31. The molecule has 0 radical (unpaired) electrons. The van der Waals surface area contributed by atoms with E-state index in [9.17, 15) is 13.2 Å². The molecule has 0 saturated heterocycles. The summed E-state index contributed by atoms with van der Waals surface area (Å²) >= 11 is 5.40. The number of guanidine groups is 1. The Kier molecular flexibility index (Phi) is 6.02. The van der Waals surface area contributed by atoms with Crippen LogP contribution in [-0.4, -0.2) is 11.0 Å². The lowest BCUT2D eigenvalue weighted by molar-refractivity contribution is -0.447. The van der Waals surface area contributed by atoms with E-state index in [1.54, 1.807) is 0 Å². The molecule has 0 spiro atoms. The summed E-state index contributed by atoms with van der Waals surface area (Å²) in [6, 6.07) is 3.34. The first kappa shape index (κ1) is 16.9. The number of rotatable bonds is 1. The second-order valence-corrected chi connectivity index (χ2v) is 3.47. The summed E-state index contributed by atoms with van der Waals surface area (Å²) in [5.41, 5.74) is 4.30. The van der Waals surface area contributed by atoms with Gasteiger partial charge in [0.25, 0.3) is 5.96 Å². The first-order valence-corrected chi connectivity index (χ1v) is 4.79. The summed E-state index contributed by atoms with van der Waals surface area (Å²) in [6.45, 7) is 0. The predicted molar refractivity (Wildman–Crippen MR) is 60.3 cm³/mol. The molecule has 0 aromatic heterocycles. The van der Waals surface area contributed by atoms with E-state index in [1.807, 2.05) is 0 Å². The van der Waals surface area contributed by atoms with E-state index in [2.05, 4.69) is 0 Å². The SMILES string of the molecule is N=C(N)[NH2+]c1ccc(Cl)c(C(F)(F)F)c1.O=[N+]([O-])[O-]. The Hall–Kier alpha value is -2.07. The highest BCUT2D eigenvalue weighted by Crippen LogP contribution is 2.35. The van der Waals surface area contributed by atoms with Gasteiger partial charge in [-0.15, -0.1) is 0 Å². The van der Waals surface area contributed by atoms with Crippen LogP contribution in [0.15, 0.2) is 18.2 Å². The highest BCUT2D eigenvalue weighted by Gasteiger charge is 2.33. The van der Waals surface area contributed by atoms with Gasteiger partial charge in [0.2, 0.25) is 0 Å². The molecule has 0 aliphatic heterocycles. The van der Waals surface area contributed by atoms with Gasteiger partial charge in [-0.2, -0.15) is 13.2 Å². The van der Waals surface area contributed by atoms with E-state index in [-0.39, 0.29) is 16.7 Å². The first-order valence-electron chi connectivity index (χ1n) is 4.41. The minimum Gasteiger partial charge on any atom is -0.356 e. The monoisotopic (exact) mass is 300 g/mol. The van der Waals surface area contributed by atoms with E-state index >= 15 is 0 Å². The second kappa shape index (κ2) is 6.75. The van der Waals surface area contributed by atoms with Crippen LogP contribution in [0.3, 0.4) is 0 Å². The summed E-state index contributed by atoms with van der Waals surface area (Å²) in [5, 5.41) is 22.4. The molecule has 11 heteroatoms. The lowest BCUT2D eigenvalue weighted by atomic mass is 10.2. The molecule has 0 unspecified atom stereocenters. The van der Waals surface area contributed by atoms with E-state index in [0.717, 1.165) is 17.4 Å². The zero-order valence-electron chi connectivity index (χ0n) is 9.07. The normalized spacial score (nSPS) is 10.3. The molecule has 106 valence electrons. The third-order valence-electron chi connectivity index (χ3n) is 1.62. The summed E-state index contributed by atoms with van der Waals surface area (Å²) in [5.74, 6) is -0.314. The minimum absolute atomic E-state index is 0.194. The third-order valence-corrected chi connectivity index (χ3v) is 1.95. The first-order chi connectivity index (χ1) is 8.54. The molecule has 7 nitrogen and oxygen atoms in total. The quantitative estimate of drug-likeness (QED) is 0.236. The van der Waals surface area contributed by atoms with Crippen LogP contribution in [0.25, 0.3) is 0 Å². The van der Waals surface area contributed by atoms with E-state index in [4.69, 9.17) is 38.1 Å². The minimum atomic E-state index is -4.50. The average molecular weight is 301 g/mol. The fourth-order valence-electron chi connectivity index (χ4n) is 1.03. The molecule has 1 aromatic carbocycles. The number of hydrogen-bond donors (Lipinski definition) is 3.